The Morgan fingerprint density at radius 1 is 1.32 bits per heavy atom. The maximum atomic E-state index is 12.8. The van der Waals surface area contributed by atoms with E-state index in [4.69, 9.17) is 5.73 Å². The second-order valence-electron chi connectivity index (χ2n) is 7.81. The van der Waals surface area contributed by atoms with Gasteiger partial charge < -0.3 is 11.1 Å². The van der Waals surface area contributed by atoms with Crippen LogP contribution in [-0.2, 0) is 11.3 Å². The first-order valence-corrected chi connectivity index (χ1v) is 8.42. The van der Waals surface area contributed by atoms with Crippen molar-refractivity contribution in [3.8, 4) is 0 Å². The first-order valence-electron chi connectivity index (χ1n) is 8.42. The first-order chi connectivity index (χ1) is 10.3. The summed E-state index contributed by atoms with van der Waals surface area (Å²) in [6.45, 7) is 9.55. The number of carbonyl (C=O) groups excluding carboxylic acids is 1. The summed E-state index contributed by atoms with van der Waals surface area (Å²) in [4.78, 5) is 12.8. The van der Waals surface area contributed by atoms with Crippen LogP contribution in [0.15, 0.2) is 24.3 Å². The van der Waals surface area contributed by atoms with Gasteiger partial charge in [-0.15, -0.1) is 0 Å². The molecule has 0 bridgehead atoms. The van der Waals surface area contributed by atoms with Crippen LogP contribution in [0.3, 0.4) is 0 Å². The van der Waals surface area contributed by atoms with Gasteiger partial charge in [-0.25, -0.2) is 0 Å². The molecule has 0 radical (unpaired) electrons. The molecule has 0 aliphatic heterocycles. The number of amides is 1. The van der Waals surface area contributed by atoms with Crippen molar-refractivity contribution in [2.24, 2.45) is 28.9 Å². The molecule has 3 nitrogen and oxygen atoms in total. The zero-order valence-electron chi connectivity index (χ0n) is 14.4. The van der Waals surface area contributed by atoms with Gasteiger partial charge in [0.2, 0.25) is 5.91 Å². The fraction of sp³-hybridized carbons (Fsp3) is 0.632. The van der Waals surface area contributed by atoms with E-state index in [2.05, 4.69) is 33.0 Å². The van der Waals surface area contributed by atoms with E-state index in [1.54, 1.807) is 0 Å². The lowest BCUT2D eigenvalue weighted by Gasteiger charge is -2.41. The van der Waals surface area contributed by atoms with Crippen molar-refractivity contribution >= 4 is 11.6 Å². The van der Waals surface area contributed by atoms with Crippen molar-refractivity contribution in [1.29, 1.82) is 0 Å². The number of hydrogen-bond donors (Lipinski definition) is 2. The molecule has 0 saturated heterocycles. The molecule has 1 aromatic carbocycles. The number of nitrogens with one attached hydrogen (secondary N) is 1. The molecule has 1 amide bonds. The van der Waals surface area contributed by atoms with Crippen LogP contribution in [0.4, 0.5) is 5.69 Å². The Balaban J connectivity index is 2.10. The largest absolute Gasteiger partial charge is 0.326 e. The highest BCUT2D eigenvalue weighted by molar-refractivity contribution is 5.92. The molecule has 3 N–H and O–H groups in total. The van der Waals surface area contributed by atoms with Gasteiger partial charge in [-0.05, 0) is 54.2 Å². The molecule has 1 saturated carbocycles. The van der Waals surface area contributed by atoms with Gasteiger partial charge >= 0.3 is 0 Å². The Bertz CT molecular complexity index is 505. The van der Waals surface area contributed by atoms with E-state index in [1.165, 1.54) is 6.42 Å². The Hall–Kier alpha value is -1.35. The van der Waals surface area contributed by atoms with Crippen molar-refractivity contribution in [2.75, 3.05) is 5.32 Å². The molecule has 122 valence electrons. The minimum Gasteiger partial charge on any atom is -0.326 e. The number of rotatable bonds is 4. The summed E-state index contributed by atoms with van der Waals surface area (Å²) < 4.78 is 0. The van der Waals surface area contributed by atoms with Crippen LogP contribution < -0.4 is 11.1 Å². The van der Waals surface area contributed by atoms with Crippen LogP contribution in [0.5, 0.6) is 0 Å². The average molecular weight is 302 g/mol. The number of benzene rings is 1. The van der Waals surface area contributed by atoms with E-state index in [1.807, 2.05) is 24.3 Å². The molecular formula is C19H30N2O. The van der Waals surface area contributed by atoms with Crippen LogP contribution in [0.1, 0.15) is 52.5 Å². The van der Waals surface area contributed by atoms with Gasteiger partial charge in [-0.2, -0.15) is 0 Å². The molecule has 0 aromatic heterocycles. The predicted molar refractivity (Wildman–Crippen MR) is 92.4 cm³/mol. The molecule has 2 unspecified atom stereocenters. The molecular weight excluding hydrogens is 272 g/mol. The molecule has 22 heavy (non-hydrogen) atoms. The maximum Gasteiger partial charge on any atom is 0.227 e. The van der Waals surface area contributed by atoms with E-state index in [0.717, 1.165) is 24.1 Å². The highest BCUT2D eigenvalue weighted by atomic mass is 16.1. The normalized spacial score (nSPS) is 24.3. The third kappa shape index (κ3) is 4.10. The minimum absolute atomic E-state index is 0.109. The lowest BCUT2D eigenvalue weighted by molar-refractivity contribution is -0.125. The van der Waals surface area contributed by atoms with Crippen molar-refractivity contribution in [3.05, 3.63) is 29.8 Å². The summed E-state index contributed by atoms with van der Waals surface area (Å²) >= 11 is 0. The van der Waals surface area contributed by atoms with Crippen molar-refractivity contribution in [3.63, 3.8) is 0 Å². The molecule has 1 fully saturated rings. The highest BCUT2D eigenvalue weighted by Gasteiger charge is 2.39. The van der Waals surface area contributed by atoms with Gasteiger partial charge in [-0.1, -0.05) is 39.8 Å². The Kier molecular flexibility index (Phi) is 5.28. The van der Waals surface area contributed by atoms with Crippen LogP contribution in [0.25, 0.3) is 0 Å². The molecule has 1 aliphatic carbocycles. The van der Waals surface area contributed by atoms with Crippen molar-refractivity contribution in [2.45, 2.75) is 53.5 Å². The zero-order valence-corrected chi connectivity index (χ0v) is 14.4. The summed E-state index contributed by atoms with van der Waals surface area (Å²) in [6, 6.07) is 7.83. The van der Waals surface area contributed by atoms with Crippen LogP contribution >= 0.6 is 0 Å². The lowest BCUT2D eigenvalue weighted by Crippen LogP contribution is -2.39. The molecule has 2 atom stereocenters. The molecule has 2 rings (SSSR count). The van der Waals surface area contributed by atoms with E-state index in [9.17, 15) is 4.79 Å². The standard InChI is InChI=1S/C19H30N2O/c1-13(2)16-9-10-19(3,4)11-17(16)18(22)21-15-7-5-14(12-20)6-8-15/h5-8,13,16-17H,9-12,20H2,1-4H3,(H,21,22). The predicted octanol–water partition coefficient (Wildman–Crippen LogP) is 4.18. The molecule has 3 heteroatoms. The fourth-order valence-electron chi connectivity index (χ4n) is 3.65. The molecule has 1 aromatic rings. The SMILES string of the molecule is CC(C)C1CCC(C)(C)CC1C(=O)Nc1ccc(CN)cc1. The smallest absolute Gasteiger partial charge is 0.227 e. The zero-order chi connectivity index (χ0) is 16.3. The third-order valence-corrected chi connectivity index (χ3v) is 5.09. The Morgan fingerprint density at radius 2 is 1.95 bits per heavy atom. The van der Waals surface area contributed by atoms with Gasteiger partial charge in [-0.3, -0.25) is 4.79 Å². The summed E-state index contributed by atoms with van der Waals surface area (Å²) in [7, 11) is 0. The second-order valence-corrected chi connectivity index (χ2v) is 7.81. The van der Waals surface area contributed by atoms with Gasteiger partial charge in [0.05, 0.1) is 0 Å². The number of carbonyl (C=O) groups is 1. The lowest BCUT2D eigenvalue weighted by atomic mass is 9.64. The maximum absolute atomic E-state index is 12.8. The first kappa shape index (κ1) is 17.0. The summed E-state index contributed by atoms with van der Waals surface area (Å²) in [5.74, 6) is 1.31. The van der Waals surface area contributed by atoms with Crippen LogP contribution in [-0.4, -0.2) is 5.91 Å². The van der Waals surface area contributed by atoms with Gasteiger partial charge in [0.25, 0.3) is 0 Å². The average Bonchev–Trinajstić information content (AvgIpc) is 2.46. The van der Waals surface area contributed by atoms with Gasteiger partial charge in [0.1, 0.15) is 0 Å². The van der Waals surface area contributed by atoms with E-state index < -0.39 is 0 Å². The van der Waals surface area contributed by atoms with E-state index >= 15 is 0 Å². The highest BCUT2D eigenvalue weighted by Crippen LogP contribution is 2.44. The number of anilines is 1. The molecule has 1 aliphatic rings. The van der Waals surface area contributed by atoms with Gasteiger partial charge in [0, 0.05) is 18.2 Å². The van der Waals surface area contributed by atoms with Crippen LogP contribution in [0.2, 0.25) is 0 Å². The van der Waals surface area contributed by atoms with Crippen molar-refractivity contribution < 1.29 is 4.79 Å². The summed E-state index contributed by atoms with van der Waals surface area (Å²) in [5.41, 5.74) is 7.82. The topological polar surface area (TPSA) is 55.1 Å². The van der Waals surface area contributed by atoms with Gasteiger partial charge in [0.15, 0.2) is 0 Å². The number of hydrogen-bond acceptors (Lipinski definition) is 2. The fourth-order valence-corrected chi connectivity index (χ4v) is 3.65. The monoisotopic (exact) mass is 302 g/mol. The Labute approximate surface area is 134 Å². The third-order valence-electron chi connectivity index (χ3n) is 5.09. The van der Waals surface area contributed by atoms with E-state index in [0.29, 0.717) is 18.4 Å². The minimum atomic E-state index is 0.109. The van der Waals surface area contributed by atoms with Crippen LogP contribution in [0, 0.1) is 23.2 Å². The van der Waals surface area contributed by atoms with Crippen molar-refractivity contribution in [1.82, 2.24) is 0 Å². The quantitative estimate of drug-likeness (QED) is 0.876. The second kappa shape index (κ2) is 6.82. The van der Waals surface area contributed by atoms with E-state index in [-0.39, 0.29) is 17.2 Å². The molecule has 0 spiro atoms. The Morgan fingerprint density at radius 3 is 2.50 bits per heavy atom. The summed E-state index contributed by atoms with van der Waals surface area (Å²) in [6.07, 6.45) is 3.34. The summed E-state index contributed by atoms with van der Waals surface area (Å²) in [5, 5.41) is 3.11. The molecule has 0 heterocycles. The number of nitrogens with two attached hydrogens (primary N) is 1.